The minimum absolute atomic E-state index is 0.0805. The molecule has 0 unspecified atom stereocenters. The SMILES string of the molecule is O=C(COc1ccc(S(=O)(=O)Nc2ccc(Br)cc2)cc1)N1CCN(C/C=C/c2ccccc2)CC1. The van der Waals surface area contributed by atoms with Crippen molar-refractivity contribution < 1.29 is 17.9 Å². The van der Waals surface area contributed by atoms with Crippen molar-refractivity contribution in [2.75, 3.05) is 44.1 Å². The number of rotatable bonds is 9. The molecule has 0 radical (unpaired) electrons. The molecule has 4 rings (SSSR count). The molecule has 1 amide bonds. The van der Waals surface area contributed by atoms with E-state index in [2.05, 4.69) is 49.8 Å². The number of carbonyl (C=O) groups excluding carboxylic acids is 1. The highest BCUT2D eigenvalue weighted by molar-refractivity contribution is 9.10. The molecule has 1 aliphatic rings. The number of halogens is 1. The van der Waals surface area contributed by atoms with Crippen molar-refractivity contribution in [3.8, 4) is 5.75 Å². The van der Waals surface area contributed by atoms with E-state index in [1.807, 2.05) is 18.2 Å². The monoisotopic (exact) mass is 569 g/mol. The first-order valence-corrected chi connectivity index (χ1v) is 13.9. The zero-order valence-electron chi connectivity index (χ0n) is 19.7. The second-order valence-electron chi connectivity index (χ2n) is 8.37. The van der Waals surface area contributed by atoms with Gasteiger partial charge < -0.3 is 9.64 Å². The van der Waals surface area contributed by atoms with Crippen molar-refractivity contribution in [1.29, 1.82) is 0 Å². The maximum atomic E-state index is 12.6. The van der Waals surface area contributed by atoms with Gasteiger partial charge in [-0.05, 0) is 54.1 Å². The summed E-state index contributed by atoms with van der Waals surface area (Å²) in [5, 5.41) is 0. The lowest BCUT2D eigenvalue weighted by atomic mass is 10.2. The minimum Gasteiger partial charge on any atom is -0.484 e. The molecule has 3 aromatic carbocycles. The molecule has 0 atom stereocenters. The van der Waals surface area contributed by atoms with Crippen LogP contribution in [0.15, 0.2) is 94.3 Å². The lowest BCUT2D eigenvalue weighted by Crippen LogP contribution is -2.49. The molecule has 1 fully saturated rings. The summed E-state index contributed by atoms with van der Waals surface area (Å²) in [4.78, 5) is 16.8. The molecular weight excluding hydrogens is 542 g/mol. The van der Waals surface area contributed by atoms with Crippen LogP contribution in [0.5, 0.6) is 5.75 Å². The van der Waals surface area contributed by atoms with Crippen molar-refractivity contribution >= 4 is 43.6 Å². The van der Waals surface area contributed by atoms with Gasteiger partial charge in [0, 0.05) is 42.9 Å². The van der Waals surface area contributed by atoms with Crippen LogP contribution >= 0.6 is 15.9 Å². The number of sulfonamides is 1. The number of carbonyl (C=O) groups is 1. The van der Waals surface area contributed by atoms with Gasteiger partial charge in [-0.15, -0.1) is 0 Å². The fraction of sp³-hybridized carbons (Fsp3) is 0.222. The van der Waals surface area contributed by atoms with Gasteiger partial charge in [0.05, 0.1) is 4.90 Å². The van der Waals surface area contributed by atoms with E-state index in [4.69, 9.17) is 4.74 Å². The Bertz CT molecular complexity index is 1270. The first-order chi connectivity index (χ1) is 17.4. The van der Waals surface area contributed by atoms with Gasteiger partial charge in [-0.2, -0.15) is 0 Å². The van der Waals surface area contributed by atoms with Gasteiger partial charge in [0.15, 0.2) is 6.61 Å². The molecule has 36 heavy (non-hydrogen) atoms. The standard InChI is InChI=1S/C27H28BrN3O4S/c28-23-8-10-24(11-9-23)29-36(33,34)26-14-12-25(13-15-26)35-21-27(32)31-19-17-30(18-20-31)16-4-7-22-5-2-1-3-6-22/h1-15,29H,16-21H2/b7-4+. The molecule has 1 saturated heterocycles. The highest BCUT2D eigenvalue weighted by Crippen LogP contribution is 2.21. The lowest BCUT2D eigenvalue weighted by molar-refractivity contribution is -0.135. The van der Waals surface area contributed by atoms with Gasteiger partial charge in [-0.3, -0.25) is 14.4 Å². The average Bonchev–Trinajstić information content (AvgIpc) is 2.90. The van der Waals surface area contributed by atoms with Gasteiger partial charge in [-0.25, -0.2) is 8.42 Å². The molecule has 188 valence electrons. The molecule has 0 bridgehead atoms. The van der Waals surface area contributed by atoms with Crippen LogP contribution in [-0.2, 0) is 14.8 Å². The molecule has 0 saturated carbocycles. The fourth-order valence-corrected chi connectivity index (χ4v) is 5.09. The molecule has 1 N–H and O–H groups in total. The Morgan fingerprint density at radius 2 is 1.58 bits per heavy atom. The fourth-order valence-electron chi connectivity index (χ4n) is 3.77. The summed E-state index contributed by atoms with van der Waals surface area (Å²) in [6, 6.07) is 23.1. The summed E-state index contributed by atoms with van der Waals surface area (Å²) in [5.41, 5.74) is 1.64. The molecule has 0 aromatic heterocycles. The Morgan fingerprint density at radius 3 is 2.25 bits per heavy atom. The van der Waals surface area contributed by atoms with Crippen LogP contribution in [0.4, 0.5) is 5.69 Å². The van der Waals surface area contributed by atoms with Crippen molar-refractivity contribution in [2.45, 2.75) is 4.90 Å². The largest absolute Gasteiger partial charge is 0.484 e. The third-order valence-corrected chi connectivity index (χ3v) is 7.72. The number of piperazine rings is 1. The molecule has 0 aliphatic carbocycles. The lowest BCUT2D eigenvalue weighted by Gasteiger charge is -2.34. The maximum absolute atomic E-state index is 12.6. The average molecular weight is 571 g/mol. The number of hydrogen-bond acceptors (Lipinski definition) is 5. The Hall–Kier alpha value is -3.14. The number of benzene rings is 3. The van der Waals surface area contributed by atoms with E-state index in [0.717, 1.165) is 24.1 Å². The highest BCUT2D eigenvalue weighted by atomic mass is 79.9. The Balaban J connectivity index is 1.21. The Kier molecular flexibility index (Phi) is 8.79. The molecule has 7 nitrogen and oxygen atoms in total. The van der Waals surface area contributed by atoms with Crippen molar-refractivity contribution in [2.24, 2.45) is 0 Å². The zero-order chi connectivity index (χ0) is 25.4. The van der Waals surface area contributed by atoms with Crippen LogP contribution in [0.3, 0.4) is 0 Å². The number of anilines is 1. The second kappa shape index (κ2) is 12.2. The number of hydrogen-bond donors (Lipinski definition) is 1. The molecule has 1 aliphatic heterocycles. The van der Waals surface area contributed by atoms with E-state index in [1.165, 1.54) is 17.7 Å². The first kappa shape index (κ1) is 25.9. The predicted molar refractivity (Wildman–Crippen MR) is 145 cm³/mol. The summed E-state index contributed by atoms with van der Waals surface area (Å²) in [6.45, 7) is 3.68. The quantitative estimate of drug-likeness (QED) is 0.411. The molecule has 1 heterocycles. The maximum Gasteiger partial charge on any atom is 0.261 e. The third-order valence-electron chi connectivity index (χ3n) is 5.79. The summed E-state index contributed by atoms with van der Waals surface area (Å²) in [5.74, 6) is 0.360. The van der Waals surface area contributed by atoms with Crippen LogP contribution in [0.25, 0.3) is 6.08 Å². The zero-order valence-corrected chi connectivity index (χ0v) is 22.1. The highest BCUT2D eigenvalue weighted by Gasteiger charge is 2.21. The van der Waals surface area contributed by atoms with E-state index >= 15 is 0 Å². The van der Waals surface area contributed by atoms with Crippen LogP contribution in [0.1, 0.15) is 5.56 Å². The molecular formula is C27H28BrN3O4S. The molecule has 3 aromatic rings. The number of nitrogens with zero attached hydrogens (tertiary/aromatic N) is 2. The topological polar surface area (TPSA) is 78.9 Å². The number of nitrogens with one attached hydrogen (secondary N) is 1. The van der Waals surface area contributed by atoms with Gasteiger partial charge >= 0.3 is 0 Å². The van der Waals surface area contributed by atoms with Crippen molar-refractivity contribution in [3.63, 3.8) is 0 Å². The summed E-state index contributed by atoms with van der Waals surface area (Å²) >= 11 is 3.32. The van der Waals surface area contributed by atoms with Gasteiger partial charge in [0.25, 0.3) is 15.9 Å². The number of ether oxygens (including phenoxy) is 1. The second-order valence-corrected chi connectivity index (χ2v) is 11.0. The van der Waals surface area contributed by atoms with E-state index in [9.17, 15) is 13.2 Å². The van der Waals surface area contributed by atoms with Crippen LogP contribution in [0.2, 0.25) is 0 Å². The van der Waals surface area contributed by atoms with Crippen molar-refractivity contribution in [1.82, 2.24) is 9.80 Å². The van der Waals surface area contributed by atoms with E-state index < -0.39 is 10.0 Å². The number of amides is 1. The first-order valence-electron chi connectivity index (χ1n) is 11.6. The summed E-state index contributed by atoms with van der Waals surface area (Å²) in [7, 11) is -3.72. The van der Waals surface area contributed by atoms with Crippen LogP contribution < -0.4 is 9.46 Å². The normalized spacial score (nSPS) is 14.6. The van der Waals surface area contributed by atoms with Crippen molar-refractivity contribution in [3.05, 3.63) is 95.0 Å². The van der Waals surface area contributed by atoms with Gasteiger partial charge in [-0.1, -0.05) is 58.4 Å². The predicted octanol–water partition coefficient (Wildman–Crippen LogP) is 4.49. The van der Waals surface area contributed by atoms with Crippen LogP contribution in [0, 0.1) is 0 Å². The smallest absolute Gasteiger partial charge is 0.261 e. The van der Waals surface area contributed by atoms with E-state index in [0.29, 0.717) is 24.5 Å². The van der Waals surface area contributed by atoms with E-state index in [1.54, 1.807) is 41.3 Å². The van der Waals surface area contributed by atoms with Crippen LogP contribution in [-0.4, -0.2) is 63.5 Å². The Labute approximate surface area is 220 Å². The summed E-state index contributed by atoms with van der Waals surface area (Å²) < 4.78 is 34.2. The molecule has 0 spiro atoms. The Morgan fingerprint density at radius 1 is 0.917 bits per heavy atom. The van der Waals surface area contributed by atoms with Gasteiger partial charge in [0.1, 0.15) is 5.75 Å². The van der Waals surface area contributed by atoms with Gasteiger partial charge in [0.2, 0.25) is 0 Å². The molecule has 9 heteroatoms. The summed E-state index contributed by atoms with van der Waals surface area (Å²) in [6.07, 6.45) is 4.26. The third kappa shape index (κ3) is 7.43. The minimum atomic E-state index is -3.72. The van der Waals surface area contributed by atoms with E-state index in [-0.39, 0.29) is 17.4 Å².